The van der Waals surface area contributed by atoms with E-state index in [1.54, 1.807) is 12.1 Å². The molecule has 0 aliphatic rings. The SMILES string of the molecule is CC(C)COc1ccc(Cl)cc1S. The smallest absolute Gasteiger partial charge is 0.132 e. The maximum Gasteiger partial charge on any atom is 0.132 e. The summed E-state index contributed by atoms with van der Waals surface area (Å²) in [6.45, 7) is 4.91. The molecule has 0 saturated heterocycles. The third kappa shape index (κ3) is 3.49. The van der Waals surface area contributed by atoms with Gasteiger partial charge >= 0.3 is 0 Å². The average Bonchev–Trinajstić information content (AvgIpc) is 2.02. The van der Waals surface area contributed by atoms with Gasteiger partial charge in [-0.05, 0) is 24.1 Å². The molecule has 0 atom stereocenters. The van der Waals surface area contributed by atoms with Gasteiger partial charge in [0.2, 0.25) is 0 Å². The molecule has 0 radical (unpaired) electrons. The molecule has 0 aromatic heterocycles. The first-order chi connectivity index (χ1) is 6.09. The summed E-state index contributed by atoms with van der Waals surface area (Å²) in [5.41, 5.74) is 0. The molecule has 72 valence electrons. The third-order valence-corrected chi connectivity index (χ3v) is 2.08. The molecule has 13 heavy (non-hydrogen) atoms. The minimum atomic E-state index is 0.517. The van der Waals surface area contributed by atoms with Crippen molar-refractivity contribution >= 4 is 24.2 Å². The topological polar surface area (TPSA) is 9.23 Å². The van der Waals surface area contributed by atoms with Gasteiger partial charge in [0.1, 0.15) is 5.75 Å². The van der Waals surface area contributed by atoms with Gasteiger partial charge < -0.3 is 4.74 Å². The van der Waals surface area contributed by atoms with Crippen LogP contribution >= 0.6 is 24.2 Å². The number of benzene rings is 1. The molecule has 0 heterocycles. The Morgan fingerprint density at radius 3 is 2.69 bits per heavy atom. The zero-order valence-corrected chi connectivity index (χ0v) is 9.40. The highest BCUT2D eigenvalue weighted by Crippen LogP contribution is 2.26. The molecule has 0 aliphatic carbocycles. The van der Waals surface area contributed by atoms with E-state index in [0.717, 1.165) is 10.6 Å². The molecule has 1 aromatic rings. The van der Waals surface area contributed by atoms with E-state index in [0.29, 0.717) is 17.5 Å². The van der Waals surface area contributed by atoms with E-state index < -0.39 is 0 Å². The minimum Gasteiger partial charge on any atom is -0.492 e. The quantitative estimate of drug-likeness (QED) is 0.759. The van der Waals surface area contributed by atoms with E-state index in [1.165, 1.54) is 0 Å². The van der Waals surface area contributed by atoms with Crippen LogP contribution in [0.1, 0.15) is 13.8 Å². The molecule has 1 nitrogen and oxygen atoms in total. The van der Waals surface area contributed by atoms with Crippen molar-refractivity contribution in [3.63, 3.8) is 0 Å². The van der Waals surface area contributed by atoms with Crippen LogP contribution in [0.3, 0.4) is 0 Å². The van der Waals surface area contributed by atoms with Crippen LogP contribution < -0.4 is 4.74 Å². The summed E-state index contributed by atoms with van der Waals surface area (Å²) in [4.78, 5) is 0.785. The molecule has 1 aromatic carbocycles. The first kappa shape index (κ1) is 10.7. The fourth-order valence-corrected chi connectivity index (χ4v) is 1.40. The van der Waals surface area contributed by atoms with Crippen LogP contribution in [0.25, 0.3) is 0 Å². The number of ether oxygens (including phenoxy) is 1. The fourth-order valence-electron chi connectivity index (χ4n) is 0.869. The second-order valence-electron chi connectivity index (χ2n) is 3.32. The monoisotopic (exact) mass is 216 g/mol. The molecule has 0 aliphatic heterocycles. The van der Waals surface area contributed by atoms with Crippen molar-refractivity contribution in [3.8, 4) is 5.75 Å². The van der Waals surface area contributed by atoms with E-state index in [-0.39, 0.29) is 0 Å². The third-order valence-electron chi connectivity index (χ3n) is 1.49. The average molecular weight is 217 g/mol. The van der Waals surface area contributed by atoms with Crippen molar-refractivity contribution in [1.29, 1.82) is 0 Å². The Balaban J connectivity index is 2.67. The summed E-state index contributed by atoms with van der Waals surface area (Å²) in [5, 5.41) is 0.682. The van der Waals surface area contributed by atoms with E-state index >= 15 is 0 Å². The molecular weight excluding hydrogens is 204 g/mol. The van der Waals surface area contributed by atoms with E-state index in [4.69, 9.17) is 16.3 Å². The summed E-state index contributed by atoms with van der Waals surface area (Å²) < 4.78 is 5.52. The van der Waals surface area contributed by atoms with Crippen LogP contribution in [0.15, 0.2) is 23.1 Å². The highest BCUT2D eigenvalue weighted by molar-refractivity contribution is 7.80. The van der Waals surface area contributed by atoms with Gasteiger partial charge in [-0.3, -0.25) is 0 Å². The predicted molar refractivity (Wildman–Crippen MR) is 59.0 cm³/mol. The highest BCUT2D eigenvalue weighted by Gasteiger charge is 2.01. The van der Waals surface area contributed by atoms with Gasteiger partial charge in [-0.2, -0.15) is 0 Å². The maximum atomic E-state index is 5.78. The van der Waals surface area contributed by atoms with Gasteiger partial charge in [0, 0.05) is 9.92 Å². The van der Waals surface area contributed by atoms with E-state index in [9.17, 15) is 0 Å². The van der Waals surface area contributed by atoms with Crippen LogP contribution in [-0.2, 0) is 0 Å². The number of hydrogen-bond acceptors (Lipinski definition) is 2. The van der Waals surface area contributed by atoms with Crippen LogP contribution in [-0.4, -0.2) is 6.61 Å². The maximum absolute atomic E-state index is 5.78. The van der Waals surface area contributed by atoms with Gasteiger partial charge in [0.05, 0.1) is 6.61 Å². The minimum absolute atomic E-state index is 0.517. The second-order valence-corrected chi connectivity index (χ2v) is 4.24. The summed E-state index contributed by atoms with van der Waals surface area (Å²) in [7, 11) is 0. The van der Waals surface area contributed by atoms with Crippen LogP contribution in [0.5, 0.6) is 5.75 Å². The fraction of sp³-hybridized carbons (Fsp3) is 0.400. The highest BCUT2D eigenvalue weighted by atomic mass is 35.5. The molecule has 0 bridgehead atoms. The summed E-state index contributed by atoms with van der Waals surface area (Å²) in [5.74, 6) is 1.31. The standard InChI is InChI=1S/C10H13ClOS/c1-7(2)6-12-9-4-3-8(11)5-10(9)13/h3-5,7,13H,6H2,1-2H3. The molecule has 0 amide bonds. The number of rotatable bonds is 3. The molecule has 0 fully saturated rings. The molecule has 0 unspecified atom stereocenters. The molecule has 0 N–H and O–H groups in total. The van der Waals surface area contributed by atoms with Crippen LogP contribution in [0.4, 0.5) is 0 Å². The van der Waals surface area contributed by atoms with Gasteiger partial charge in [-0.15, -0.1) is 12.6 Å². The van der Waals surface area contributed by atoms with Crippen LogP contribution in [0, 0.1) is 5.92 Å². The normalized spacial score (nSPS) is 10.5. The lowest BCUT2D eigenvalue weighted by Crippen LogP contribution is -2.04. The van der Waals surface area contributed by atoms with Gasteiger partial charge in [-0.1, -0.05) is 25.4 Å². The number of hydrogen-bond donors (Lipinski definition) is 1. The Morgan fingerprint density at radius 1 is 1.46 bits per heavy atom. The molecule has 1 rings (SSSR count). The van der Waals surface area contributed by atoms with Crippen molar-refractivity contribution in [1.82, 2.24) is 0 Å². The van der Waals surface area contributed by atoms with E-state index in [2.05, 4.69) is 26.5 Å². The Kier molecular flexibility index (Phi) is 3.94. The summed E-state index contributed by atoms with van der Waals surface area (Å²) in [6.07, 6.45) is 0. The predicted octanol–water partition coefficient (Wildman–Crippen LogP) is 3.66. The Hall–Kier alpha value is -0.340. The van der Waals surface area contributed by atoms with Gasteiger partial charge in [0.15, 0.2) is 0 Å². The second kappa shape index (κ2) is 4.77. The number of halogens is 1. The lowest BCUT2D eigenvalue weighted by atomic mass is 10.2. The molecular formula is C10H13ClOS. The largest absolute Gasteiger partial charge is 0.492 e. The van der Waals surface area contributed by atoms with Crippen molar-refractivity contribution in [2.24, 2.45) is 5.92 Å². The van der Waals surface area contributed by atoms with Crippen LogP contribution in [0.2, 0.25) is 5.02 Å². The summed E-state index contributed by atoms with van der Waals surface area (Å²) >= 11 is 10.0. The van der Waals surface area contributed by atoms with Gasteiger partial charge in [-0.25, -0.2) is 0 Å². The lowest BCUT2D eigenvalue weighted by molar-refractivity contribution is 0.265. The van der Waals surface area contributed by atoms with Crippen molar-refractivity contribution in [2.75, 3.05) is 6.61 Å². The molecule has 0 saturated carbocycles. The van der Waals surface area contributed by atoms with Crippen molar-refractivity contribution < 1.29 is 4.74 Å². The van der Waals surface area contributed by atoms with Crippen molar-refractivity contribution in [2.45, 2.75) is 18.7 Å². The van der Waals surface area contributed by atoms with Crippen molar-refractivity contribution in [3.05, 3.63) is 23.2 Å². The first-order valence-electron chi connectivity index (χ1n) is 4.21. The Labute approximate surface area is 89.5 Å². The molecule has 0 spiro atoms. The molecule has 3 heteroatoms. The first-order valence-corrected chi connectivity index (χ1v) is 5.03. The zero-order valence-electron chi connectivity index (χ0n) is 7.75. The number of thiol groups is 1. The lowest BCUT2D eigenvalue weighted by Gasteiger charge is -2.10. The van der Waals surface area contributed by atoms with Gasteiger partial charge in [0.25, 0.3) is 0 Å². The Bertz CT molecular complexity index is 286. The zero-order chi connectivity index (χ0) is 9.84. The van der Waals surface area contributed by atoms with E-state index in [1.807, 2.05) is 6.07 Å². The summed E-state index contributed by atoms with van der Waals surface area (Å²) in [6, 6.07) is 5.42. The Morgan fingerprint density at radius 2 is 2.15 bits per heavy atom.